The van der Waals surface area contributed by atoms with Crippen molar-refractivity contribution >= 4 is 0 Å². The van der Waals surface area contributed by atoms with Crippen molar-refractivity contribution in [2.45, 2.75) is 57.9 Å². The van der Waals surface area contributed by atoms with Gasteiger partial charge in [0, 0.05) is 19.3 Å². The molecule has 0 bridgehead atoms. The molecule has 1 rings (SSSR count). The Morgan fingerprint density at radius 2 is 1.92 bits per heavy atom. The molecule has 1 aliphatic carbocycles. The van der Waals surface area contributed by atoms with Crippen molar-refractivity contribution < 1.29 is 0 Å². The molecular weight excluding hydrogens is 158 g/mol. The lowest BCUT2D eigenvalue weighted by Crippen LogP contribution is -2.26. The summed E-state index contributed by atoms with van der Waals surface area (Å²) in [5, 5.41) is 0. The fourth-order valence-electron chi connectivity index (χ4n) is 1.97. The first kappa shape index (κ1) is 10.3. The summed E-state index contributed by atoms with van der Waals surface area (Å²) in [5.74, 6) is 0. The van der Waals surface area contributed by atoms with Gasteiger partial charge in [-0.3, -0.25) is 0 Å². The fourth-order valence-corrected chi connectivity index (χ4v) is 1.97. The van der Waals surface area contributed by atoms with Gasteiger partial charge in [-0.05, 0) is 26.7 Å². The van der Waals surface area contributed by atoms with Crippen LogP contribution in [0.5, 0.6) is 0 Å². The molecule has 0 heterocycles. The van der Waals surface area contributed by atoms with Crippen LogP contribution in [0.3, 0.4) is 0 Å². The maximum absolute atomic E-state index is 7.29. The van der Waals surface area contributed by atoms with Crippen LogP contribution in [0.15, 0.2) is 11.6 Å². The summed E-state index contributed by atoms with van der Waals surface area (Å²) in [5.41, 5.74) is 1.31. The van der Waals surface area contributed by atoms with E-state index in [2.05, 4.69) is 24.8 Å². The second kappa shape index (κ2) is 4.46. The first-order valence-electron chi connectivity index (χ1n) is 5.20. The third kappa shape index (κ3) is 2.88. The molecule has 1 aliphatic rings. The molecule has 0 unspecified atom stereocenters. The first-order chi connectivity index (χ1) is 6.18. The van der Waals surface area contributed by atoms with Crippen LogP contribution in [0.4, 0.5) is 0 Å². The summed E-state index contributed by atoms with van der Waals surface area (Å²) >= 11 is 0. The average Bonchev–Trinajstić information content (AvgIpc) is 2.16. The zero-order chi connectivity index (χ0) is 9.73. The molecule has 0 amide bonds. The van der Waals surface area contributed by atoms with Crippen LogP contribution in [-0.2, 0) is 0 Å². The van der Waals surface area contributed by atoms with Gasteiger partial charge in [-0.15, -0.1) is 0 Å². The van der Waals surface area contributed by atoms with Gasteiger partial charge in [0.05, 0.1) is 0 Å². The molecule has 0 spiro atoms. The molecule has 0 atom stereocenters. The quantitative estimate of drug-likeness (QED) is 0.444. The number of rotatable bonds is 2. The van der Waals surface area contributed by atoms with Crippen LogP contribution in [0.2, 0.25) is 0 Å². The van der Waals surface area contributed by atoms with Crippen molar-refractivity contribution in [3.05, 3.63) is 23.1 Å². The minimum atomic E-state index is -0.0322. The molecule has 0 aromatic carbocycles. The Kier molecular flexibility index (Phi) is 3.54. The highest BCUT2D eigenvalue weighted by atomic mass is 14.8. The monoisotopic (exact) mass is 177 g/mol. The predicted molar refractivity (Wildman–Crippen MR) is 56.5 cm³/mol. The van der Waals surface area contributed by atoms with E-state index in [4.69, 9.17) is 6.57 Å². The van der Waals surface area contributed by atoms with Gasteiger partial charge in [-0.25, -0.2) is 6.57 Å². The van der Waals surface area contributed by atoms with E-state index in [1.165, 1.54) is 24.8 Å². The molecule has 1 fully saturated rings. The van der Waals surface area contributed by atoms with Gasteiger partial charge in [0.25, 0.3) is 0 Å². The third-order valence-electron chi connectivity index (χ3n) is 2.91. The van der Waals surface area contributed by atoms with Crippen molar-refractivity contribution in [1.82, 2.24) is 0 Å². The molecule has 0 aliphatic heterocycles. The molecule has 1 nitrogen and oxygen atoms in total. The molecule has 1 saturated carbocycles. The molecule has 0 aromatic rings. The minimum Gasteiger partial charge on any atom is -0.310 e. The fraction of sp³-hybridized carbons (Fsp3) is 0.750. The molecule has 1 heteroatoms. The highest BCUT2D eigenvalue weighted by Crippen LogP contribution is 2.35. The normalized spacial score (nSPS) is 20.4. The number of allylic oxidation sites excluding steroid dienone is 1. The van der Waals surface area contributed by atoms with Crippen molar-refractivity contribution in [3.63, 3.8) is 0 Å². The van der Waals surface area contributed by atoms with Gasteiger partial charge >= 0.3 is 0 Å². The lowest BCUT2D eigenvalue weighted by Gasteiger charge is -2.24. The van der Waals surface area contributed by atoms with Crippen LogP contribution in [0.1, 0.15) is 52.4 Å². The van der Waals surface area contributed by atoms with Gasteiger partial charge < -0.3 is 4.85 Å². The number of nitrogens with zero attached hydrogens (tertiary/aromatic N) is 1. The third-order valence-corrected chi connectivity index (χ3v) is 2.91. The lowest BCUT2D eigenvalue weighted by atomic mass is 9.80. The van der Waals surface area contributed by atoms with Gasteiger partial charge in [-0.2, -0.15) is 0 Å². The van der Waals surface area contributed by atoms with Gasteiger partial charge in [0.15, 0.2) is 0 Å². The minimum absolute atomic E-state index is 0.0322. The molecule has 72 valence electrons. The van der Waals surface area contributed by atoms with E-state index in [0.717, 1.165) is 19.3 Å². The van der Waals surface area contributed by atoms with Crippen LogP contribution < -0.4 is 0 Å². The van der Waals surface area contributed by atoms with Gasteiger partial charge in [-0.1, -0.05) is 18.1 Å². The highest BCUT2D eigenvalue weighted by Gasteiger charge is 2.36. The Labute approximate surface area is 81.7 Å². The Morgan fingerprint density at radius 3 is 2.38 bits per heavy atom. The zero-order valence-electron chi connectivity index (χ0n) is 8.77. The van der Waals surface area contributed by atoms with Gasteiger partial charge in [0.2, 0.25) is 5.54 Å². The van der Waals surface area contributed by atoms with Crippen molar-refractivity contribution in [3.8, 4) is 0 Å². The van der Waals surface area contributed by atoms with E-state index in [9.17, 15) is 0 Å². The molecule has 13 heavy (non-hydrogen) atoms. The summed E-state index contributed by atoms with van der Waals surface area (Å²) in [6, 6.07) is 0. The second-order valence-corrected chi connectivity index (χ2v) is 4.38. The Balaban J connectivity index is 2.59. The maximum Gasteiger partial charge on any atom is 0.236 e. The van der Waals surface area contributed by atoms with E-state index in [1.54, 1.807) is 0 Å². The predicted octanol–water partition coefficient (Wildman–Crippen LogP) is 3.96. The van der Waals surface area contributed by atoms with Gasteiger partial charge in [0.1, 0.15) is 0 Å². The molecular formula is C12H19N. The van der Waals surface area contributed by atoms with Crippen molar-refractivity contribution in [2.24, 2.45) is 0 Å². The summed E-state index contributed by atoms with van der Waals surface area (Å²) in [6.07, 6.45) is 9.24. The summed E-state index contributed by atoms with van der Waals surface area (Å²) < 4.78 is 0. The summed E-state index contributed by atoms with van der Waals surface area (Å²) in [4.78, 5) is 3.86. The van der Waals surface area contributed by atoms with E-state index >= 15 is 0 Å². The van der Waals surface area contributed by atoms with Crippen LogP contribution >= 0.6 is 0 Å². The molecule has 0 radical (unpaired) electrons. The molecule has 0 aromatic heterocycles. The maximum atomic E-state index is 7.29. The van der Waals surface area contributed by atoms with Crippen molar-refractivity contribution in [1.29, 1.82) is 0 Å². The van der Waals surface area contributed by atoms with Crippen LogP contribution in [0.25, 0.3) is 4.85 Å². The summed E-state index contributed by atoms with van der Waals surface area (Å²) in [7, 11) is 0. The topological polar surface area (TPSA) is 4.36 Å². The Morgan fingerprint density at radius 1 is 1.31 bits per heavy atom. The van der Waals surface area contributed by atoms with E-state index < -0.39 is 0 Å². The van der Waals surface area contributed by atoms with E-state index in [-0.39, 0.29) is 5.54 Å². The smallest absolute Gasteiger partial charge is 0.236 e. The van der Waals surface area contributed by atoms with E-state index in [1.807, 2.05) is 0 Å². The number of hydrogen-bond acceptors (Lipinski definition) is 0. The largest absolute Gasteiger partial charge is 0.310 e. The van der Waals surface area contributed by atoms with Crippen LogP contribution in [0, 0.1) is 6.57 Å². The van der Waals surface area contributed by atoms with Crippen molar-refractivity contribution in [2.75, 3.05) is 0 Å². The SMILES string of the molecule is [C-]#[N+]C1(CC=C(C)C)CCCCC1. The highest BCUT2D eigenvalue weighted by molar-refractivity contribution is 5.07. The molecule has 0 saturated heterocycles. The second-order valence-electron chi connectivity index (χ2n) is 4.38. The van der Waals surface area contributed by atoms with E-state index in [0.29, 0.717) is 0 Å². The number of hydrogen-bond donors (Lipinski definition) is 0. The average molecular weight is 177 g/mol. The first-order valence-corrected chi connectivity index (χ1v) is 5.20. The molecule has 0 N–H and O–H groups in total. The zero-order valence-corrected chi connectivity index (χ0v) is 8.77. The Hall–Kier alpha value is -0.770. The van der Waals surface area contributed by atoms with Crippen LogP contribution in [-0.4, -0.2) is 5.54 Å². The standard InChI is InChI=1S/C12H19N/c1-11(2)7-10-12(13-3)8-5-4-6-9-12/h7H,4-6,8-10H2,1-2H3. The Bertz CT molecular complexity index is 222. The summed E-state index contributed by atoms with van der Waals surface area (Å²) in [6.45, 7) is 11.5. The lowest BCUT2D eigenvalue weighted by molar-refractivity contribution is 0.348.